The molecule has 0 bridgehead atoms. The van der Waals surface area contributed by atoms with Crippen molar-refractivity contribution >= 4 is 22.6 Å². The van der Waals surface area contributed by atoms with Crippen molar-refractivity contribution in [2.24, 2.45) is 0 Å². The minimum absolute atomic E-state index is 0.0529. The van der Waals surface area contributed by atoms with E-state index in [0.29, 0.717) is 5.56 Å². The molecular weight excluding hydrogens is 330 g/mol. The highest BCUT2D eigenvalue weighted by molar-refractivity contribution is 6.12. The highest BCUT2D eigenvalue weighted by Gasteiger charge is 2.15. The Morgan fingerprint density at radius 2 is 1.62 bits per heavy atom. The smallest absolute Gasteiger partial charge is 0.261 e. The lowest BCUT2D eigenvalue weighted by molar-refractivity contribution is 0.0848. The van der Waals surface area contributed by atoms with E-state index < -0.39 is 11.8 Å². The molecule has 0 atom stereocenters. The number of nitrogens with one attached hydrogen (secondary N) is 1. The average Bonchev–Trinajstić information content (AvgIpc) is 2.61. The zero-order valence-corrected chi connectivity index (χ0v) is 14.5. The number of phenols is 1. The average molecular weight is 349 g/mol. The number of hydrogen-bond donors (Lipinski definition) is 2. The van der Waals surface area contributed by atoms with Crippen molar-refractivity contribution in [1.82, 2.24) is 5.32 Å². The summed E-state index contributed by atoms with van der Waals surface area (Å²) < 4.78 is 5.67. The number of benzene rings is 3. The molecule has 2 amide bonds. The number of carbonyl (C=O) groups excluding carboxylic acids is 2. The minimum Gasteiger partial charge on any atom is -0.507 e. The van der Waals surface area contributed by atoms with Crippen LogP contribution in [0.5, 0.6) is 11.5 Å². The zero-order valence-electron chi connectivity index (χ0n) is 14.5. The Balaban J connectivity index is 1.80. The molecule has 0 aliphatic heterocycles. The second kappa shape index (κ2) is 7.27. The van der Waals surface area contributed by atoms with Gasteiger partial charge in [-0.2, -0.15) is 0 Å². The van der Waals surface area contributed by atoms with Crippen LogP contribution in [0.3, 0.4) is 0 Å². The van der Waals surface area contributed by atoms with Gasteiger partial charge in [0.1, 0.15) is 11.5 Å². The second-order valence-electron chi connectivity index (χ2n) is 6.19. The fourth-order valence-corrected chi connectivity index (χ4v) is 2.62. The van der Waals surface area contributed by atoms with E-state index in [4.69, 9.17) is 4.74 Å². The number of imide groups is 1. The maximum Gasteiger partial charge on any atom is 0.261 e. The molecule has 0 aliphatic carbocycles. The molecule has 0 spiro atoms. The molecule has 3 rings (SSSR count). The van der Waals surface area contributed by atoms with Gasteiger partial charge in [-0.15, -0.1) is 0 Å². The highest BCUT2D eigenvalue weighted by atomic mass is 16.5. The van der Waals surface area contributed by atoms with Crippen LogP contribution in [0.2, 0.25) is 0 Å². The van der Waals surface area contributed by atoms with Crippen LogP contribution >= 0.6 is 0 Å². The maximum absolute atomic E-state index is 12.4. The molecule has 3 aromatic rings. The summed E-state index contributed by atoms with van der Waals surface area (Å²) in [7, 11) is 0. The van der Waals surface area contributed by atoms with Gasteiger partial charge in [-0.1, -0.05) is 24.3 Å². The normalized spacial score (nSPS) is 10.7. The van der Waals surface area contributed by atoms with Gasteiger partial charge in [-0.25, -0.2) is 0 Å². The van der Waals surface area contributed by atoms with E-state index >= 15 is 0 Å². The molecular formula is C21H19NO4. The minimum atomic E-state index is -0.645. The van der Waals surface area contributed by atoms with E-state index in [0.717, 1.165) is 16.5 Å². The van der Waals surface area contributed by atoms with Gasteiger partial charge in [0.25, 0.3) is 11.8 Å². The first-order chi connectivity index (χ1) is 12.4. The Morgan fingerprint density at radius 1 is 0.923 bits per heavy atom. The van der Waals surface area contributed by atoms with E-state index in [1.165, 1.54) is 12.1 Å². The van der Waals surface area contributed by atoms with Crippen LogP contribution in [0, 0.1) is 0 Å². The molecule has 0 saturated carbocycles. The van der Waals surface area contributed by atoms with E-state index in [-0.39, 0.29) is 17.4 Å². The standard InChI is InChI=1S/C21H19NO4/c1-13(2)26-17-10-9-14-11-16(8-7-15(14)12-17)20(24)22-21(25)18-5-3-4-6-19(18)23/h3-13,23H,1-2H3,(H,22,24,25). The molecule has 0 saturated heterocycles. The van der Waals surface area contributed by atoms with Crippen LogP contribution in [-0.2, 0) is 0 Å². The van der Waals surface area contributed by atoms with Gasteiger partial charge in [0.2, 0.25) is 0 Å². The van der Waals surface area contributed by atoms with Gasteiger partial charge < -0.3 is 9.84 Å². The van der Waals surface area contributed by atoms with Gasteiger partial charge in [0.15, 0.2) is 0 Å². The summed E-state index contributed by atoms with van der Waals surface area (Å²) >= 11 is 0. The van der Waals surface area contributed by atoms with E-state index in [2.05, 4.69) is 5.32 Å². The molecule has 2 N–H and O–H groups in total. The molecule has 3 aromatic carbocycles. The number of para-hydroxylation sites is 1. The summed E-state index contributed by atoms with van der Waals surface area (Å²) in [6, 6.07) is 16.9. The lowest BCUT2D eigenvalue weighted by Gasteiger charge is -2.11. The molecule has 132 valence electrons. The zero-order chi connectivity index (χ0) is 18.7. The van der Waals surface area contributed by atoms with Crippen molar-refractivity contribution in [2.75, 3.05) is 0 Å². The quantitative estimate of drug-likeness (QED) is 0.701. The van der Waals surface area contributed by atoms with Crippen molar-refractivity contribution in [3.8, 4) is 11.5 Å². The lowest BCUT2D eigenvalue weighted by Crippen LogP contribution is -2.30. The number of aromatic hydroxyl groups is 1. The second-order valence-corrected chi connectivity index (χ2v) is 6.19. The summed E-state index contributed by atoms with van der Waals surface area (Å²) in [6.07, 6.45) is 0.0814. The fourth-order valence-electron chi connectivity index (χ4n) is 2.62. The predicted molar refractivity (Wildman–Crippen MR) is 99.6 cm³/mol. The summed E-state index contributed by atoms with van der Waals surface area (Å²) in [5.41, 5.74) is 0.413. The molecule has 5 heteroatoms. The Hall–Kier alpha value is -3.34. The van der Waals surface area contributed by atoms with E-state index in [1.807, 2.05) is 38.1 Å². The Bertz CT molecular complexity index is 979. The SMILES string of the molecule is CC(C)Oc1ccc2cc(C(=O)NC(=O)c3ccccc3O)ccc2c1. The van der Waals surface area contributed by atoms with Crippen LogP contribution in [0.25, 0.3) is 10.8 Å². The first-order valence-corrected chi connectivity index (χ1v) is 8.28. The Labute approximate surface area is 151 Å². The van der Waals surface area contributed by atoms with Crippen LogP contribution in [0.4, 0.5) is 0 Å². The highest BCUT2D eigenvalue weighted by Crippen LogP contribution is 2.23. The third-order valence-corrected chi connectivity index (χ3v) is 3.82. The first kappa shape index (κ1) is 17.5. The summed E-state index contributed by atoms with van der Waals surface area (Å²) in [6.45, 7) is 3.92. The first-order valence-electron chi connectivity index (χ1n) is 8.28. The third-order valence-electron chi connectivity index (χ3n) is 3.82. The van der Waals surface area contributed by atoms with Crippen molar-refractivity contribution < 1.29 is 19.4 Å². The maximum atomic E-state index is 12.4. The van der Waals surface area contributed by atoms with Crippen molar-refractivity contribution in [1.29, 1.82) is 0 Å². The molecule has 0 radical (unpaired) electrons. The number of ether oxygens (including phenoxy) is 1. The molecule has 0 heterocycles. The van der Waals surface area contributed by atoms with Crippen LogP contribution in [0.1, 0.15) is 34.6 Å². The van der Waals surface area contributed by atoms with Crippen molar-refractivity contribution in [3.05, 3.63) is 71.8 Å². The lowest BCUT2D eigenvalue weighted by atomic mass is 10.1. The fraction of sp³-hybridized carbons (Fsp3) is 0.143. The van der Waals surface area contributed by atoms with E-state index in [9.17, 15) is 14.7 Å². The van der Waals surface area contributed by atoms with Crippen LogP contribution in [0.15, 0.2) is 60.7 Å². The summed E-state index contributed by atoms with van der Waals surface area (Å²) in [5.74, 6) is -0.579. The molecule has 0 aromatic heterocycles. The molecule has 0 aliphatic rings. The Kier molecular flexibility index (Phi) is 4.89. The van der Waals surface area contributed by atoms with Gasteiger partial charge in [0, 0.05) is 5.56 Å². The topological polar surface area (TPSA) is 75.6 Å². The van der Waals surface area contributed by atoms with Crippen molar-refractivity contribution in [2.45, 2.75) is 20.0 Å². The summed E-state index contributed by atoms with van der Waals surface area (Å²) in [5, 5.41) is 13.8. The van der Waals surface area contributed by atoms with Gasteiger partial charge in [0.05, 0.1) is 11.7 Å². The van der Waals surface area contributed by atoms with Gasteiger partial charge >= 0.3 is 0 Å². The van der Waals surface area contributed by atoms with Gasteiger partial charge in [-0.3, -0.25) is 14.9 Å². The molecule has 0 fully saturated rings. The predicted octanol–water partition coefficient (Wildman–Crippen LogP) is 3.90. The Morgan fingerprint density at radius 3 is 2.35 bits per heavy atom. The number of rotatable bonds is 4. The molecule has 0 unspecified atom stereocenters. The largest absolute Gasteiger partial charge is 0.507 e. The van der Waals surface area contributed by atoms with E-state index in [1.54, 1.807) is 24.3 Å². The summed E-state index contributed by atoms with van der Waals surface area (Å²) in [4.78, 5) is 24.5. The number of fused-ring (bicyclic) bond motifs is 1. The molecule has 26 heavy (non-hydrogen) atoms. The number of phenolic OH excluding ortho intramolecular Hbond substituents is 1. The van der Waals surface area contributed by atoms with Crippen LogP contribution < -0.4 is 10.1 Å². The molecule has 5 nitrogen and oxygen atoms in total. The third kappa shape index (κ3) is 3.83. The monoisotopic (exact) mass is 349 g/mol. The number of hydrogen-bond acceptors (Lipinski definition) is 4. The van der Waals surface area contributed by atoms with Gasteiger partial charge in [-0.05, 0) is 61.0 Å². The van der Waals surface area contributed by atoms with Crippen LogP contribution in [-0.4, -0.2) is 23.0 Å². The number of carbonyl (C=O) groups is 2. The van der Waals surface area contributed by atoms with Crippen molar-refractivity contribution in [3.63, 3.8) is 0 Å². The number of amides is 2.